The number of pyridine rings is 2. The van der Waals surface area contributed by atoms with Gasteiger partial charge in [-0.25, -0.2) is 25.6 Å². The average Bonchev–Trinajstić information content (AvgIpc) is 3.18. The minimum Gasteiger partial charge on any atom is -0.437 e. The summed E-state index contributed by atoms with van der Waals surface area (Å²) >= 11 is 2.30. The van der Waals surface area contributed by atoms with Gasteiger partial charge in [0.25, 0.3) is 11.8 Å². The molecule has 4 heterocycles. The Morgan fingerprint density at radius 2 is 1.09 bits per heavy atom. The van der Waals surface area contributed by atoms with E-state index in [2.05, 4.69) is 86.4 Å². The molecule has 0 unspecified atom stereocenters. The number of alkyl halides is 1. The number of carbonyl (C=O) groups is 2. The fourth-order valence-electron chi connectivity index (χ4n) is 7.90. The van der Waals surface area contributed by atoms with Gasteiger partial charge in [-0.1, -0.05) is 109 Å². The van der Waals surface area contributed by atoms with Crippen molar-refractivity contribution < 1.29 is 53.5 Å². The number of benzene rings is 4. The smallest absolute Gasteiger partial charge is 0.255 e. The molecule has 0 radical (unpaired) electrons. The molecule has 4 aromatic heterocycles. The lowest BCUT2D eigenvalue weighted by Gasteiger charge is -2.27. The lowest BCUT2D eigenvalue weighted by molar-refractivity contribution is 0.0783. The van der Waals surface area contributed by atoms with Gasteiger partial charge in [0.15, 0.2) is 11.6 Å². The highest BCUT2D eigenvalue weighted by Crippen LogP contribution is 2.39. The minimum absolute atomic E-state index is 0.0342. The van der Waals surface area contributed by atoms with Crippen LogP contribution < -0.4 is 19.7 Å². The number of nitrogens with one attached hydrogen (secondary N) is 3. The summed E-state index contributed by atoms with van der Waals surface area (Å²) in [6.45, 7) is 19.6. The second-order valence-electron chi connectivity index (χ2n) is 18.3. The zero-order valence-corrected chi connectivity index (χ0v) is 49.2. The van der Waals surface area contributed by atoms with Gasteiger partial charge in [0.1, 0.15) is 23.2 Å². The van der Waals surface area contributed by atoms with Gasteiger partial charge in [0.05, 0.1) is 66.4 Å². The highest BCUT2D eigenvalue weighted by molar-refractivity contribution is 14.1. The molecule has 8 aromatic rings. The fraction of sp³-hybridized carbons (Fsp3) is 0.200. The van der Waals surface area contributed by atoms with Crippen molar-refractivity contribution in [3.63, 3.8) is 0 Å². The molecule has 424 valence electrons. The maximum atomic E-state index is 13.6. The molecule has 0 spiro atoms. The maximum Gasteiger partial charge on any atom is 0.255 e. The van der Waals surface area contributed by atoms with Gasteiger partial charge in [-0.3, -0.25) is 18.6 Å². The molecule has 4 aromatic carbocycles. The summed E-state index contributed by atoms with van der Waals surface area (Å²) in [5, 5.41) is 5.88. The van der Waals surface area contributed by atoms with Crippen molar-refractivity contribution in [2.75, 3.05) is 46.6 Å². The van der Waals surface area contributed by atoms with Crippen molar-refractivity contribution in [2.45, 2.75) is 39.3 Å². The van der Waals surface area contributed by atoms with Crippen molar-refractivity contribution in [2.24, 2.45) is 0 Å². The molecular formula is C60H61F2IN6O10S2. The predicted molar refractivity (Wildman–Crippen MR) is 325 cm³/mol. The molecule has 8 rings (SSSR count). The number of hydrogen-bond donors (Lipinski definition) is 3. The molecule has 21 heteroatoms. The van der Waals surface area contributed by atoms with Gasteiger partial charge in [-0.05, 0) is 96.8 Å². The first-order chi connectivity index (χ1) is 38.5. The number of anilines is 2. The van der Waals surface area contributed by atoms with Gasteiger partial charge in [-0.2, -0.15) is 9.97 Å². The zero-order valence-electron chi connectivity index (χ0n) is 45.4. The minimum atomic E-state index is -3.87. The van der Waals surface area contributed by atoms with Crippen LogP contribution in [0.25, 0.3) is 56.0 Å². The Labute approximate surface area is 483 Å². The molecule has 0 aliphatic rings. The molecule has 0 saturated heterocycles. The molecule has 0 aliphatic carbocycles. The SMILES string of the molecule is C=C(C)c1cc2c(C(=O)NC)c(-c3ccc(F)cc3)oc2nc1NS(C)(=O)=O.C=C[C@@H](CI)OCc1ccccc1.C=C[C@@H](CN(c1nc2oc(-c3ccc(F)cc3)c(C(=O)NC)c2cc1C(=C)C)S(C)(=O)=O)OCc1ccccc1. The second kappa shape index (κ2) is 28.0. The number of allylic oxidation sites excluding steroid dienone is 2. The first-order valence-corrected chi connectivity index (χ1v) is 30.1. The quantitative estimate of drug-likeness (QED) is 0.0348. The highest BCUT2D eigenvalue weighted by atomic mass is 127. The molecule has 16 nitrogen and oxygen atoms in total. The van der Waals surface area contributed by atoms with Crippen LogP contribution in [-0.2, 0) is 42.7 Å². The number of furan rings is 2. The highest BCUT2D eigenvalue weighted by Gasteiger charge is 2.30. The van der Waals surface area contributed by atoms with Crippen LogP contribution in [-0.4, -0.2) is 88.4 Å². The molecule has 3 N–H and O–H groups in total. The van der Waals surface area contributed by atoms with Crippen molar-refractivity contribution in [1.82, 2.24) is 20.6 Å². The Kier molecular flexibility index (Phi) is 21.6. The van der Waals surface area contributed by atoms with Crippen molar-refractivity contribution in [3.05, 3.63) is 205 Å². The van der Waals surface area contributed by atoms with E-state index < -0.39 is 49.6 Å². The second-order valence-corrected chi connectivity index (χ2v) is 22.8. The molecule has 0 saturated carbocycles. The summed E-state index contributed by atoms with van der Waals surface area (Å²) in [5.41, 5.74) is 5.46. The Hall–Kier alpha value is -7.83. The van der Waals surface area contributed by atoms with E-state index in [0.717, 1.165) is 26.8 Å². The summed E-state index contributed by atoms with van der Waals surface area (Å²) < 4.78 is 104. The van der Waals surface area contributed by atoms with Gasteiger partial charge < -0.3 is 28.9 Å². The first-order valence-electron chi connectivity index (χ1n) is 24.8. The molecule has 81 heavy (non-hydrogen) atoms. The van der Waals surface area contributed by atoms with E-state index in [0.29, 0.717) is 50.8 Å². The molecule has 0 aliphatic heterocycles. The van der Waals surface area contributed by atoms with E-state index in [4.69, 9.17) is 18.3 Å². The number of rotatable bonds is 21. The van der Waals surface area contributed by atoms with Gasteiger partial charge in [0, 0.05) is 40.8 Å². The molecule has 2 amide bonds. The van der Waals surface area contributed by atoms with Crippen LogP contribution >= 0.6 is 22.6 Å². The summed E-state index contributed by atoms with van der Waals surface area (Å²) in [6, 6.07) is 33.8. The molecule has 2 atom stereocenters. The number of aromatic nitrogens is 2. The third-order valence-corrected chi connectivity index (χ3v) is 14.5. The van der Waals surface area contributed by atoms with Crippen LogP contribution in [0.2, 0.25) is 0 Å². The average molecular weight is 1260 g/mol. The molecule has 0 bridgehead atoms. The number of carbonyl (C=O) groups excluding carboxylic acids is 2. The largest absolute Gasteiger partial charge is 0.437 e. The van der Waals surface area contributed by atoms with E-state index in [1.807, 2.05) is 54.6 Å². The summed E-state index contributed by atoms with van der Waals surface area (Å²) in [6.07, 6.45) is 4.95. The van der Waals surface area contributed by atoms with Crippen molar-refractivity contribution in [3.8, 4) is 22.6 Å². The zero-order chi connectivity index (χ0) is 59.2. The monoisotopic (exact) mass is 1250 g/mol. The Morgan fingerprint density at radius 3 is 1.47 bits per heavy atom. The third kappa shape index (κ3) is 16.4. The maximum absolute atomic E-state index is 13.6. The van der Waals surface area contributed by atoms with E-state index in [1.165, 1.54) is 74.3 Å². The number of nitrogens with zero attached hydrogens (tertiary/aromatic N) is 3. The number of hydrogen-bond acceptors (Lipinski definition) is 12. The van der Waals surface area contributed by atoms with Gasteiger partial charge >= 0.3 is 0 Å². The van der Waals surface area contributed by atoms with E-state index in [-0.39, 0.29) is 65.0 Å². The number of sulfonamides is 2. The Morgan fingerprint density at radius 1 is 0.667 bits per heavy atom. The fourth-order valence-corrected chi connectivity index (χ4v) is 9.89. The summed E-state index contributed by atoms with van der Waals surface area (Å²) in [5.74, 6) is -1.24. The summed E-state index contributed by atoms with van der Waals surface area (Å²) in [4.78, 5) is 34.3. The predicted octanol–water partition coefficient (Wildman–Crippen LogP) is 12.2. The van der Waals surface area contributed by atoms with Crippen molar-refractivity contribution >= 4 is 99.4 Å². The van der Waals surface area contributed by atoms with Crippen LogP contribution in [0.5, 0.6) is 0 Å². The number of ether oxygens (including phenoxy) is 2. The van der Waals surface area contributed by atoms with Crippen LogP contribution in [0.4, 0.5) is 20.4 Å². The van der Waals surface area contributed by atoms with E-state index in [9.17, 15) is 35.2 Å². The standard InChI is InChI=1S/C30H30FN3O5S.C19H18FN3O4S.C11H13IO/c1-6-23(38-18-20-10-8-7-9-11-20)17-34(40(5,36)37)28-24(19(2)3)16-25-26(29(35)32-4)27(39-30(25)33-28)21-12-14-22(31)15-13-21;1-10(2)13-9-14-15(18(24)21-3)16(11-5-7-12(20)8-6-11)27-19(14)22-17(13)23-28(4,25)26;1-2-11(8-12)13-9-10-6-4-3-5-7-10/h6-16,23H,1-2,17-18H2,3-5H3,(H,32,35);5-9H,1H2,2-4H3,(H,21,24)(H,22,23);2-7,11H,1,8-9H2/t23-;;11-/m0.0/s1. The number of amides is 2. The van der Waals surface area contributed by atoms with Crippen LogP contribution in [0.15, 0.2) is 169 Å². The first kappa shape index (κ1) is 62.4. The molecule has 0 fully saturated rings. The molecular weight excluding hydrogens is 1190 g/mol. The van der Waals surface area contributed by atoms with E-state index >= 15 is 0 Å². The number of halogens is 3. The topological polar surface area (TPSA) is 212 Å². The normalized spacial score (nSPS) is 12.0. The Bertz CT molecular complexity index is 3800. The van der Waals surface area contributed by atoms with Gasteiger partial charge in [0.2, 0.25) is 31.5 Å². The lowest BCUT2D eigenvalue weighted by atomic mass is 10.0. The van der Waals surface area contributed by atoms with Gasteiger partial charge in [-0.15, -0.1) is 13.2 Å². The van der Waals surface area contributed by atoms with E-state index in [1.54, 1.807) is 26.0 Å². The summed E-state index contributed by atoms with van der Waals surface area (Å²) in [7, 11) is -4.52. The Balaban J connectivity index is 0.000000222. The van der Waals surface area contributed by atoms with Crippen LogP contribution in [0.1, 0.15) is 56.8 Å². The lowest BCUT2D eigenvalue weighted by Crippen LogP contribution is -2.38. The van der Waals surface area contributed by atoms with Crippen LogP contribution in [0.3, 0.4) is 0 Å². The van der Waals surface area contributed by atoms with Crippen LogP contribution in [0, 0.1) is 11.6 Å². The number of fused-ring (bicyclic) bond motifs is 2. The third-order valence-electron chi connectivity index (χ3n) is 11.9. The van der Waals surface area contributed by atoms with Crippen molar-refractivity contribution in [1.29, 1.82) is 0 Å².